The molecule has 1 aromatic rings. The van der Waals surface area contributed by atoms with Gasteiger partial charge in [-0.05, 0) is 19.4 Å². The molecule has 0 atom stereocenters. The maximum Gasteiger partial charge on any atom is 0.168 e. The first-order chi connectivity index (χ1) is 5.47. The Morgan fingerprint density at radius 2 is 1.83 bits per heavy atom. The SMILES string of the molecule is C[n+]1ccc(CC(C)(C)O)cc1. The summed E-state index contributed by atoms with van der Waals surface area (Å²) in [4.78, 5) is 0. The summed E-state index contributed by atoms with van der Waals surface area (Å²) >= 11 is 0. The number of hydrogen-bond acceptors (Lipinski definition) is 1. The topological polar surface area (TPSA) is 24.1 Å². The Hall–Kier alpha value is -0.890. The number of aliphatic hydroxyl groups is 1. The van der Waals surface area contributed by atoms with Crippen molar-refractivity contribution in [1.29, 1.82) is 0 Å². The van der Waals surface area contributed by atoms with E-state index in [4.69, 9.17) is 0 Å². The van der Waals surface area contributed by atoms with E-state index in [9.17, 15) is 5.11 Å². The van der Waals surface area contributed by atoms with E-state index in [1.165, 1.54) is 5.56 Å². The molecule has 0 spiro atoms. The van der Waals surface area contributed by atoms with E-state index >= 15 is 0 Å². The number of aryl methyl sites for hydroxylation is 1. The average molecular weight is 166 g/mol. The first kappa shape index (κ1) is 9.20. The van der Waals surface area contributed by atoms with Crippen LogP contribution in [0.5, 0.6) is 0 Å². The van der Waals surface area contributed by atoms with Gasteiger partial charge in [0.25, 0.3) is 0 Å². The van der Waals surface area contributed by atoms with Gasteiger partial charge in [-0.25, -0.2) is 4.57 Å². The van der Waals surface area contributed by atoms with Crippen molar-refractivity contribution in [3.05, 3.63) is 30.1 Å². The summed E-state index contributed by atoms with van der Waals surface area (Å²) in [5.74, 6) is 0. The quantitative estimate of drug-likeness (QED) is 0.646. The molecule has 66 valence electrons. The Labute approximate surface area is 73.5 Å². The number of aromatic nitrogens is 1. The van der Waals surface area contributed by atoms with Gasteiger partial charge >= 0.3 is 0 Å². The predicted octanol–water partition coefficient (Wildman–Crippen LogP) is 0.825. The Morgan fingerprint density at radius 1 is 1.33 bits per heavy atom. The number of nitrogens with zero attached hydrogens (tertiary/aromatic N) is 1. The number of pyridine rings is 1. The molecule has 1 aromatic heterocycles. The monoisotopic (exact) mass is 166 g/mol. The molecule has 0 radical (unpaired) electrons. The van der Waals surface area contributed by atoms with E-state index in [1.807, 2.05) is 50.0 Å². The van der Waals surface area contributed by atoms with Crippen LogP contribution < -0.4 is 4.57 Å². The van der Waals surface area contributed by atoms with Crippen LogP contribution in [0.25, 0.3) is 0 Å². The normalized spacial score (nSPS) is 11.7. The first-order valence-corrected chi connectivity index (χ1v) is 4.14. The Balaban J connectivity index is 2.71. The minimum atomic E-state index is -0.611. The van der Waals surface area contributed by atoms with Gasteiger partial charge in [0, 0.05) is 18.6 Å². The van der Waals surface area contributed by atoms with Gasteiger partial charge in [-0.3, -0.25) is 0 Å². The van der Waals surface area contributed by atoms with Crippen molar-refractivity contribution in [1.82, 2.24) is 0 Å². The predicted molar refractivity (Wildman–Crippen MR) is 47.6 cm³/mol. The summed E-state index contributed by atoms with van der Waals surface area (Å²) in [5.41, 5.74) is 0.556. The molecule has 0 aliphatic rings. The second-order valence-electron chi connectivity index (χ2n) is 3.86. The molecule has 0 saturated heterocycles. The zero-order valence-corrected chi connectivity index (χ0v) is 7.91. The van der Waals surface area contributed by atoms with Crippen LogP contribution in [0.2, 0.25) is 0 Å². The molecular formula is C10H16NO+. The van der Waals surface area contributed by atoms with Gasteiger partial charge in [-0.1, -0.05) is 0 Å². The van der Waals surface area contributed by atoms with E-state index in [0.717, 1.165) is 0 Å². The molecule has 2 heteroatoms. The van der Waals surface area contributed by atoms with Gasteiger partial charge in [0.2, 0.25) is 0 Å². The van der Waals surface area contributed by atoms with Crippen molar-refractivity contribution in [3.8, 4) is 0 Å². The lowest BCUT2D eigenvalue weighted by molar-refractivity contribution is -0.671. The summed E-state index contributed by atoms with van der Waals surface area (Å²) in [6.07, 6.45) is 4.68. The van der Waals surface area contributed by atoms with Crippen LogP contribution in [0.3, 0.4) is 0 Å². The molecule has 0 amide bonds. The highest BCUT2D eigenvalue weighted by molar-refractivity contribution is 5.09. The summed E-state index contributed by atoms with van der Waals surface area (Å²) < 4.78 is 1.98. The van der Waals surface area contributed by atoms with E-state index in [1.54, 1.807) is 0 Å². The molecule has 1 heterocycles. The fourth-order valence-electron chi connectivity index (χ4n) is 1.15. The molecule has 2 nitrogen and oxygen atoms in total. The maximum absolute atomic E-state index is 9.53. The fraction of sp³-hybridized carbons (Fsp3) is 0.500. The minimum Gasteiger partial charge on any atom is -0.390 e. The van der Waals surface area contributed by atoms with Crippen LogP contribution in [0, 0.1) is 0 Å². The van der Waals surface area contributed by atoms with E-state index < -0.39 is 5.60 Å². The van der Waals surface area contributed by atoms with Crippen molar-refractivity contribution >= 4 is 0 Å². The molecule has 0 saturated carbocycles. The standard InChI is InChI=1S/C10H16NO/c1-10(2,12)8-9-4-6-11(3)7-5-9/h4-7,12H,8H2,1-3H3/q+1. The highest BCUT2D eigenvalue weighted by Crippen LogP contribution is 2.09. The van der Waals surface area contributed by atoms with Crippen LogP contribution >= 0.6 is 0 Å². The van der Waals surface area contributed by atoms with E-state index in [2.05, 4.69) is 0 Å². The van der Waals surface area contributed by atoms with Gasteiger partial charge in [0.1, 0.15) is 7.05 Å². The van der Waals surface area contributed by atoms with E-state index in [-0.39, 0.29) is 0 Å². The van der Waals surface area contributed by atoms with Gasteiger partial charge < -0.3 is 5.11 Å². The Kier molecular flexibility index (Phi) is 2.48. The molecule has 0 unspecified atom stereocenters. The molecule has 0 bridgehead atoms. The second kappa shape index (κ2) is 3.23. The third kappa shape index (κ3) is 3.01. The Bertz CT molecular complexity index is 246. The van der Waals surface area contributed by atoms with Crippen LogP contribution in [0.4, 0.5) is 0 Å². The molecule has 12 heavy (non-hydrogen) atoms. The molecule has 1 rings (SSSR count). The summed E-state index contributed by atoms with van der Waals surface area (Å²) in [6, 6.07) is 4.05. The van der Waals surface area contributed by atoms with Gasteiger partial charge in [0.15, 0.2) is 12.4 Å². The van der Waals surface area contributed by atoms with Crippen molar-refractivity contribution in [2.24, 2.45) is 7.05 Å². The minimum absolute atomic E-state index is 0.611. The molecule has 0 aliphatic carbocycles. The lowest BCUT2D eigenvalue weighted by atomic mass is 10.00. The van der Waals surface area contributed by atoms with Crippen molar-refractivity contribution in [2.75, 3.05) is 0 Å². The largest absolute Gasteiger partial charge is 0.390 e. The molecule has 1 N–H and O–H groups in total. The fourth-order valence-corrected chi connectivity index (χ4v) is 1.15. The van der Waals surface area contributed by atoms with Crippen LogP contribution in [0.1, 0.15) is 19.4 Å². The highest BCUT2D eigenvalue weighted by Gasteiger charge is 2.13. The molecule has 0 aromatic carbocycles. The first-order valence-electron chi connectivity index (χ1n) is 4.14. The molecular weight excluding hydrogens is 150 g/mol. The number of hydrogen-bond donors (Lipinski definition) is 1. The lowest BCUT2D eigenvalue weighted by Gasteiger charge is -2.15. The van der Waals surface area contributed by atoms with Gasteiger partial charge in [0.05, 0.1) is 5.60 Å². The molecule has 0 fully saturated rings. The van der Waals surface area contributed by atoms with Gasteiger partial charge in [-0.15, -0.1) is 0 Å². The molecule has 0 aliphatic heterocycles. The third-order valence-corrected chi connectivity index (χ3v) is 1.68. The van der Waals surface area contributed by atoms with Crippen molar-refractivity contribution in [2.45, 2.75) is 25.9 Å². The summed E-state index contributed by atoms with van der Waals surface area (Å²) in [5, 5.41) is 9.53. The van der Waals surface area contributed by atoms with Crippen LogP contribution in [-0.2, 0) is 13.5 Å². The zero-order valence-electron chi connectivity index (χ0n) is 7.91. The third-order valence-electron chi connectivity index (χ3n) is 1.68. The Morgan fingerprint density at radius 3 is 2.25 bits per heavy atom. The summed E-state index contributed by atoms with van der Waals surface area (Å²) in [7, 11) is 1.98. The second-order valence-corrected chi connectivity index (χ2v) is 3.86. The van der Waals surface area contributed by atoms with Gasteiger partial charge in [-0.2, -0.15) is 0 Å². The van der Waals surface area contributed by atoms with Crippen LogP contribution in [-0.4, -0.2) is 10.7 Å². The number of rotatable bonds is 2. The summed E-state index contributed by atoms with van der Waals surface area (Å²) in [6.45, 7) is 3.64. The van der Waals surface area contributed by atoms with E-state index in [0.29, 0.717) is 6.42 Å². The van der Waals surface area contributed by atoms with Crippen molar-refractivity contribution < 1.29 is 9.67 Å². The smallest absolute Gasteiger partial charge is 0.168 e. The highest BCUT2D eigenvalue weighted by atomic mass is 16.3. The zero-order chi connectivity index (χ0) is 9.19. The van der Waals surface area contributed by atoms with Crippen molar-refractivity contribution in [3.63, 3.8) is 0 Å². The maximum atomic E-state index is 9.53. The van der Waals surface area contributed by atoms with Crippen LogP contribution in [0.15, 0.2) is 24.5 Å². The average Bonchev–Trinajstić information content (AvgIpc) is 1.91. The lowest BCUT2D eigenvalue weighted by Crippen LogP contribution is -2.27.